The van der Waals surface area contributed by atoms with Crippen molar-refractivity contribution >= 4 is 17.4 Å². The molecular weight excluding hydrogens is 188 g/mol. The third kappa shape index (κ3) is 2.22. The number of halogens is 1. The fourth-order valence-electron chi connectivity index (χ4n) is 1.11. The Bertz CT molecular complexity index is 321. The summed E-state index contributed by atoms with van der Waals surface area (Å²) in [6.07, 6.45) is 0. The molecule has 0 atom stereocenters. The van der Waals surface area contributed by atoms with Gasteiger partial charge in [-0.15, -0.1) is 11.6 Å². The number of ether oxygens (including phenoxy) is 1. The molecule has 1 aromatic rings. The molecule has 13 heavy (non-hydrogen) atoms. The Balaban J connectivity index is 3.15. The molecule has 0 unspecified atom stereocenters. The lowest BCUT2D eigenvalue weighted by molar-refractivity contribution is 0.101. The minimum absolute atomic E-state index is 0.0141. The topological polar surface area (TPSA) is 26.3 Å². The molecule has 1 aromatic carbocycles. The fraction of sp³-hybridized carbons (Fsp3) is 0.300. The molecule has 0 aliphatic rings. The molecule has 0 aliphatic heterocycles. The van der Waals surface area contributed by atoms with E-state index >= 15 is 0 Å². The summed E-state index contributed by atoms with van der Waals surface area (Å²) in [5, 5.41) is 0. The average molecular weight is 199 g/mol. The average Bonchev–Trinajstić information content (AvgIpc) is 2.16. The van der Waals surface area contributed by atoms with Crippen LogP contribution in [0.1, 0.15) is 15.9 Å². The van der Waals surface area contributed by atoms with Crippen LogP contribution in [0.25, 0.3) is 0 Å². The van der Waals surface area contributed by atoms with Gasteiger partial charge in [0.1, 0.15) is 5.75 Å². The minimum Gasteiger partial charge on any atom is -0.496 e. The molecule has 0 bridgehead atoms. The summed E-state index contributed by atoms with van der Waals surface area (Å²) in [5.41, 5.74) is 1.58. The van der Waals surface area contributed by atoms with E-state index in [1.54, 1.807) is 12.1 Å². The Hall–Kier alpha value is -1.02. The minimum atomic E-state index is -0.109. The van der Waals surface area contributed by atoms with Crippen molar-refractivity contribution in [1.82, 2.24) is 0 Å². The maximum atomic E-state index is 11.3. The van der Waals surface area contributed by atoms with Gasteiger partial charge in [-0.25, -0.2) is 0 Å². The molecule has 0 saturated heterocycles. The molecular formula is C10H11ClO2. The molecule has 0 amide bonds. The van der Waals surface area contributed by atoms with Crippen LogP contribution in [0.2, 0.25) is 0 Å². The molecule has 0 fully saturated rings. The molecule has 0 saturated carbocycles. The lowest BCUT2D eigenvalue weighted by Gasteiger charge is -2.06. The fourth-order valence-corrected chi connectivity index (χ4v) is 1.26. The van der Waals surface area contributed by atoms with Crippen LogP contribution in [0.4, 0.5) is 0 Å². The second-order valence-electron chi connectivity index (χ2n) is 2.76. The van der Waals surface area contributed by atoms with Gasteiger partial charge in [0.05, 0.1) is 18.6 Å². The number of hydrogen-bond acceptors (Lipinski definition) is 2. The van der Waals surface area contributed by atoms with Crippen LogP contribution in [0, 0.1) is 6.92 Å². The summed E-state index contributed by atoms with van der Waals surface area (Å²) in [6.45, 7) is 1.92. The highest BCUT2D eigenvalue weighted by Crippen LogP contribution is 2.20. The lowest BCUT2D eigenvalue weighted by atomic mass is 10.1. The number of benzene rings is 1. The lowest BCUT2D eigenvalue weighted by Crippen LogP contribution is -2.03. The summed E-state index contributed by atoms with van der Waals surface area (Å²) in [5.74, 6) is 0.457. The normalized spacial score (nSPS) is 9.77. The summed E-state index contributed by atoms with van der Waals surface area (Å²) in [4.78, 5) is 11.3. The van der Waals surface area contributed by atoms with Gasteiger partial charge in [0, 0.05) is 0 Å². The summed E-state index contributed by atoms with van der Waals surface area (Å²) >= 11 is 5.46. The zero-order valence-corrected chi connectivity index (χ0v) is 8.39. The maximum absolute atomic E-state index is 11.3. The van der Waals surface area contributed by atoms with E-state index in [-0.39, 0.29) is 11.7 Å². The predicted octanol–water partition coefficient (Wildman–Crippen LogP) is 2.43. The Labute approximate surface area is 82.5 Å². The van der Waals surface area contributed by atoms with Crippen molar-refractivity contribution < 1.29 is 9.53 Å². The molecule has 0 aliphatic carbocycles. The van der Waals surface area contributed by atoms with Gasteiger partial charge < -0.3 is 4.74 Å². The van der Waals surface area contributed by atoms with Crippen molar-refractivity contribution in [3.05, 3.63) is 29.3 Å². The number of ketones is 1. The monoisotopic (exact) mass is 198 g/mol. The molecule has 0 N–H and O–H groups in total. The number of carbonyl (C=O) groups is 1. The predicted molar refractivity (Wildman–Crippen MR) is 52.8 cm³/mol. The number of hydrogen-bond donors (Lipinski definition) is 0. The highest BCUT2D eigenvalue weighted by atomic mass is 35.5. The first-order valence-corrected chi connectivity index (χ1v) is 4.46. The summed E-state index contributed by atoms with van der Waals surface area (Å²) in [7, 11) is 1.54. The van der Waals surface area contributed by atoms with Gasteiger partial charge in [-0.05, 0) is 19.1 Å². The van der Waals surface area contributed by atoms with Crippen molar-refractivity contribution in [3.63, 3.8) is 0 Å². The van der Waals surface area contributed by atoms with Crippen molar-refractivity contribution in [2.75, 3.05) is 13.0 Å². The largest absolute Gasteiger partial charge is 0.496 e. The number of carbonyl (C=O) groups excluding carboxylic acids is 1. The smallest absolute Gasteiger partial charge is 0.181 e. The van der Waals surface area contributed by atoms with E-state index in [9.17, 15) is 4.79 Å². The number of alkyl halides is 1. The third-order valence-electron chi connectivity index (χ3n) is 1.78. The van der Waals surface area contributed by atoms with E-state index in [1.807, 2.05) is 13.0 Å². The summed E-state index contributed by atoms with van der Waals surface area (Å²) < 4.78 is 5.04. The highest BCUT2D eigenvalue weighted by Gasteiger charge is 2.10. The van der Waals surface area contributed by atoms with Crippen LogP contribution in [0.3, 0.4) is 0 Å². The van der Waals surface area contributed by atoms with E-state index in [0.717, 1.165) is 5.56 Å². The number of rotatable bonds is 3. The van der Waals surface area contributed by atoms with E-state index in [0.29, 0.717) is 11.3 Å². The second-order valence-corrected chi connectivity index (χ2v) is 3.03. The Morgan fingerprint density at radius 1 is 1.54 bits per heavy atom. The third-order valence-corrected chi connectivity index (χ3v) is 2.02. The van der Waals surface area contributed by atoms with Crippen molar-refractivity contribution in [2.24, 2.45) is 0 Å². The van der Waals surface area contributed by atoms with Crippen LogP contribution in [0.15, 0.2) is 18.2 Å². The van der Waals surface area contributed by atoms with Gasteiger partial charge >= 0.3 is 0 Å². The van der Waals surface area contributed by atoms with E-state index in [2.05, 4.69) is 0 Å². The van der Waals surface area contributed by atoms with Crippen LogP contribution >= 0.6 is 11.6 Å². The maximum Gasteiger partial charge on any atom is 0.181 e. The number of Topliss-reactive ketones (excluding diaryl/α,β-unsaturated/α-hetero) is 1. The van der Waals surface area contributed by atoms with Crippen LogP contribution in [0.5, 0.6) is 5.75 Å². The first kappa shape index (κ1) is 10.1. The Morgan fingerprint density at radius 3 is 2.77 bits per heavy atom. The second kappa shape index (κ2) is 4.28. The number of aryl methyl sites for hydroxylation is 1. The van der Waals surface area contributed by atoms with Gasteiger partial charge in [0.2, 0.25) is 0 Å². The quantitative estimate of drug-likeness (QED) is 0.551. The summed E-state index contributed by atoms with van der Waals surface area (Å²) in [6, 6.07) is 5.45. The van der Waals surface area contributed by atoms with E-state index < -0.39 is 0 Å². The van der Waals surface area contributed by atoms with Crippen molar-refractivity contribution in [3.8, 4) is 5.75 Å². The molecule has 70 valence electrons. The molecule has 3 heteroatoms. The van der Waals surface area contributed by atoms with Gasteiger partial charge in [0.15, 0.2) is 5.78 Å². The molecule has 2 nitrogen and oxygen atoms in total. The van der Waals surface area contributed by atoms with Gasteiger partial charge in [0.25, 0.3) is 0 Å². The molecule has 0 spiro atoms. The van der Waals surface area contributed by atoms with E-state index in [4.69, 9.17) is 16.3 Å². The van der Waals surface area contributed by atoms with Gasteiger partial charge in [-0.3, -0.25) is 4.79 Å². The molecule has 0 aromatic heterocycles. The first-order chi connectivity index (χ1) is 6.19. The zero-order valence-electron chi connectivity index (χ0n) is 7.63. The standard InChI is InChI=1S/C10H11ClO2/c1-7-3-4-10(13-2)8(5-7)9(12)6-11/h3-5H,6H2,1-2H3. The van der Waals surface area contributed by atoms with Gasteiger partial charge in [-0.1, -0.05) is 11.6 Å². The number of methoxy groups -OCH3 is 1. The van der Waals surface area contributed by atoms with Crippen LogP contribution < -0.4 is 4.74 Å². The van der Waals surface area contributed by atoms with Crippen molar-refractivity contribution in [2.45, 2.75) is 6.92 Å². The Kier molecular flexibility index (Phi) is 3.32. The molecule has 1 rings (SSSR count). The molecule has 0 heterocycles. The van der Waals surface area contributed by atoms with Gasteiger partial charge in [-0.2, -0.15) is 0 Å². The SMILES string of the molecule is COc1ccc(C)cc1C(=O)CCl. The highest BCUT2D eigenvalue weighted by molar-refractivity contribution is 6.30. The Morgan fingerprint density at radius 2 is 2.23 bits per heavy atom. The van der Waals surface area contributed by atoms with Crippen LogP contribution in [-0.2, 0) is 0 Å². The van der Waals surface area contributed by atoms with Crippen LogP contribution in [-0.4, -0.2) is 18.8 Å². The molecule has 0 radical (unpaired) electrons. The first-order valence-electron chi connectivity index (χ1n) is 3.93. The zero-order chi connectivity index (χ0) is 9.84. The van der Waals surface area contributed by atoms with E-state index in [1.165, 1.54) is 7.11 Å². The van der Waals surface area contributed by atoms with Crippen molar-refractivity contribution in [1.29, 1.82) is 0 Å².